The maximum atomic E-state index is 6.11. The lowest BCUT2D eigenvalue weighted by Crippen LogP contribution is -2.33. The van der Waals surface area contributed by atoms with Crippen molar-refractivity contribution in [1.82, 2.24) is 10.1 Å². The highest BCUT2D eigenvalue weighted by molar-refractivity contribution is 5.04. The van der Waals surface area contributed by atoms with Crippen molar-refractivity contribution < 1.29 is 4.52 Å². The van der Waals surface area contributed by atoms with Gasteiger partial charge in [-0.2, -0.15) is 4.98 Å². The molecule has 2 rings (SSSR count). The van der Waals surface area contributed by atoms with Gasteiger partial charge in [-0.15, -0.1) is 0 Å². The van der Waals surface area contributed by atoms with Gasteiger partial charge >= 0.3 is 0 Å². The summed E-state index contributed by atoms with van der Waals surface area (Å²) in [5, 5.41) is 3.73. The molecule has 4 N–H and O–H groups in total. The van der Waals surface area contributed by atoms with Crippen molar-refractivity contribution >= 4 is 0 Å². The number of nitrogens with zero attached hydrogens (tertiary/aromatic N) is 2. The molecular weight excluding hydrogens is 168 g/mol. The summed E-state index contributed by atoms with van der Waals surface area (Å²) in [5.41, 5.74) is 11.1. The standard InChI is InChI=1S/C8H14N4O/c9-5-6-11-7(13-12-6)8(10)3-1-2-4-8/h1-5,9-10H2. The lowest BCUT2D eigenvalue weighted by molar-refractivity contribution is 0.284. The molecule has 0 saturated heterocycles. The first-order valence-corrected chi connectivity index (χ1v) is 4.57. The van der Waals surface area contributed by atoms with Gasteiger partial charge in [0.05, 0.1) is 12.1 Å². The van der Waals surface area contributed by atoms with Crippen LogP contribution < -0.4 is 11.5 Å². The molecule has 0 spiro atoms. The fourth-order valence-corrected chi connectivity index (χ4v) is 1.76. The number of aromatic nitrogens is 2. The minimum atomic E-state index is -0.388. The average Bonchev–Trinajstić information content (AvgIpc) is 2.72. The SMILES string of the molecule is NCc1noc(C2(N)CCCC2)n1. The summed E-state index contributed by atoms with van der Waals surface area (Å²) >= 11 is 0. The summed E-state index contributed by atoms with van der Waals surface area (Å²) in [6.07, 6.45) is 4.13. The van der Waals surface area contributed by atoms with Crippen LogP contribution in [-0.2, 0) is 12.1 Å². The van der Waals surface area contributed by atoms with Crippen molar-refractivity contribution in [1.29, 1.82) is 0 Å². The molecule has 1 aliphatic carbocycles. The van der Waals surface area contributed by atoms with Crippen molar-refractivity contribution in [2.24, 2.45) is 11.5 Å². The molecule has 1 aliphatic rings. The number of hydrogen-bond donors (Lipinski definition) is 2. The summed E-state index contributed by atoms with van der Waals surface area (Å²) < 4.78 is 5.08. The van der Waals surface area contributed by atoms with Gasteiger partial charge in [0.15, 0.2) is 5.82 Å². The van der Waals surface area contributed by atoms with Gasteiger partial charge < -0.3 is 16.0 Å². The van der Waals surface area contributed by atoms with E-state index in [2.05, 4.69) is 10.1 Å². The van der Waals surface area contributed by atoms with Gasteiger partial charge in [-0.3, -0.25) is 0 Å². The van der Waals surface area contributed by atoms with E-state index in [-0.39, 0.29) is 5.54 Å². The Balaban J connectivity index is 2.23. The molecule has 13 heavy (non-hydrogen) atoms. The van der Waals surface area contributed by atoms with Crippen LogP contribution in [0.2, 0.25) is 0 Å². The van der Waals surface area contributed by atoms with Gasteiger partial charge in [0, 0.05) is 0 Å². The molecule has 0 bridgehead atoms. The molecule has 0 atom stereocenters. The van der Waals surface area contributed by atoms with Gasteiger partial charge in [0.2, 0.25) is 5.89 Å². The van der Waals surface area contributed by atoms with Crippen molar-refractivity contribution in [2.45, 2.75) is 37.8 Å². The van der Waals surface area contributed by atoms with Gasteiger partial charge in [0.1, 0.15) is 0 Å². The highest BCUT2D eigenvalue weighted by Gasteiger charge is 2.36. The average molecular weight is 182 g/mol. The summed E-state index contributed by atoms with van der Waals surface area (Å²) in [7, 11) is 0. The first-order chi connectivity index (χ1) is 6.24. The summed E-state index contributed by atoms with van der Waals surface area (Å²) in [6.45, 7) is 0.305. The molecule has 1 saturated carbocycles. The first-order valence-electron chi connectivity index (χ1n) is 4.57. The Morgan fingerprint density at radius 3 is 2.62 bits per heavy atom. The van der Waals surface area contributed by atoms with Crippen molar-refractivity contribution in [2.75, 3.05) is 0 Å². The van der Waals surface area contributed by atoms with Crippen LogP contribution in [0.25, 0.3) is 0 Å². The fourth-order valence-electron chi connectivity index (χ4n) is 1.76. The molecule has 0 aliphatic heterocycles. The van der Waals surface area contributed by atoms with E-state index in [9.17, 15) is 0 Å². The van der Waals surface area contributed by atoms with Crippen LogP contribution in [0.3, 0.4) is 0 Å². The van der Waals surface area contributed by atoms with E-state index in [1.807, 2.05) is 0 Å². The Morgan fingerprint density at radius 2 is 2.08 bits per heavy atom. The van der Waals surface area contributed by atoms with Crippen LogP contribution in [-0.4, -0.2) is 10.1 Å². The smallest absolute Gasteiger partial charge is 0.246 e. The van der Waals surface area contributed by atoms with Crippen LogP contribution in [0.5, 0.6) is 0 Å². The summed E-state index contributed by atoms with van der Waals surface area (Å²) in [4.78, 5) is 4.15. The molecule has 1 aromatic heterocycles. The predicted molar refractivity (Wildman–Crippen MR) is 46.5 cm³/mol. The van der Waals surface area contributed by atoms with Crippen LogP contribution >= 0.6 is 0 Å². The molecule has 5 heteroatoms. The number of rotatable bonds is 2. The Morgan fingerprint density at radius 1 is 1.38 bits per heavy atom. The van der Waals surface area contributed by atoms with Crippen LogP contribution in [0.1, 0.15) is 37.4 Å². The molecule has 72 valence electrons. The minimum absolute atomic E-state index is 0.305. The second-order valence-corrected chi connectivity index (χ2v) is 3.58. The molecule has 1 fully saturated rings. The van der Waals surface area contributed by atoms with E-state index >= 15 is 0 Å². The Labute approximate surface area is 76.5 Å². The highest BCUT2D eigenvalue weighted by atomic mass is 16.5. The molecule has 0 aromatic carbocycles. The summed E-state index contributed by atoms with van der Waals surface area (Å²) in [5.74, 6) is 1.08. The Kier molecular flexibility index (Phi) is 2.05. The molecule has 0 unspecified atom stereocenters. The lowest BCUT2D eigenvalue weighted by Gasteiger charge is -2.17. The van der Waals surface area contributed by atoms with Crippen molar-refractivity contribution in [3.63, 3.8) is 0 Å². The Bertz CT molecular complexity index is 290. The predicted octanol–water partition coefficient (Wildman–Crippen LogP) is 0.256. The van der Waals surface area contributed by atoms with Crippen LogP contribution in [0, 0.1) is 0 Å². The maximum Gasteiger partial charge on any atom is 0.246 e. The van der Waals surface area contributed by atoms with E-state index in [0.29, 0.717) is 18.3 Å². The minimum Gasteiger partial charge on any atom is -0.337 e. The van der Waals surface area contributed by atoms with E-state index in [1.165, 1.54) is 0 Å². The third-order valence-electron chi connectivity index (χ3n) is 2.57. The van der Waals surface area contributed by atoms with Crippen LogP contribution in [0.4, 0.5) is 0 Å². The van der Waals surface area contributed by atoms with Crippen molar-refractivity contribution in [3.8, 4) is 0 Å². The zero-order chi connectivity index (χ0) is 9.31. The highest BCUT2D eigenvalue weighted by Crippen LogP contribution is 2.34. The zero-order valence-corrected chi connectivity index (χ0v) is 7.49. The normalized spacial score (nSPS) is 20.8. The topological polar surface area (TPSA) is 91.0 Å². The third kappa shape index (κ3) is 1.45. The van der Waals surface area contributed by atoms with Gasteiger partial charge in [-0.05, 0) is 12.8 Å². The largest absolute Gasteiger partial charge is 0.337 e. The fraction of sp³-hybridized carbons (Fsp3) is 0.750. The van der Waals surface area contributed by atoms with Gasteiger partial charge in [0.25, 0.3) is 0 Å². The second kappa shape index (κ2) is 3.08. The maximum absolute atomic E-state index is 6.11. The molecular formula is C8H14N4O. The number of hydrogen-bond acceptors (Lipinski definition) is 5. The van der Waals surface area contributed by atoms with Crippen LogP contribution in [0.15, 0.2) is 4.52 Å². The monoisotopic (exact) mass is 182 g/mol. The first kappa shape index (κ1) is 8.65. The molecule has 0 amide bonds. The van der Waals surface area contributed by atoms with Gasteiger partial charge in [-0.25, -0.2) is 0 Å². The van der Waals surface area contributed by atoms with E-state index < -0.39 is 0 Å². The Hall–Kier alpha value is -0.940. The molecule has 1 aromatic rings. The van der Waals surface area contributed by atoms with E-state index in [1.54, 1.807) is 0 Å². The van der Waals surface area contributed by atoms with E-state index in [0.717, 1.165) is 25.7 Å². The van der Waals surface area contributed by atoms with Gasteiger partial charge in [-0.1, -0.05) is 18.0 Å². The third-order valence-corrected chi connectivity index (χ3v) is 2.57. The molecule has 1 heterocycles. The molecule has 5 nitrogen and oxygen atoms in total. The van der Waals surface area contributed by atoms with E-state index in [4.69, 9.17) is 16.0 Å². The lowest BCUT2D eigenvalue weighted by atomic mass is 9.99. The quantitative estimate of drug-likeness (QED) is 0.684. The molecule has 0 radical (unpaired) electrons. The number of nitrogens with two attached hydrogens (primary N) is 2. The zero-order valence-electron chi connectivity index (χ0n) is 7.49. The summed E-state index contributed by atoms with van der Waals surface area (Å²) in [6, 6.07) is 0. The van der Waals surface area contributed by atoms with Crippen molar-refractivity contribution in [3.05, 3.63) is 11.7 Å². The second-order valence-electron chi connectivity index (χ2n) is 3.58.